The van der Waals surface area contributed by atoms with Crippen molar-refractivity contribution in [3.8, 4) is 11.5 Å². The van der Waals surface area contributed by atoms with Crippen molar-refractivity contribution in [3.63, 3.8) is 0 Å². The van der Waals surface area contributed by atoms with Crippen LogP contribution in [0.1, 0.15) is 20.8 Å². The number of nitrogens with zero attached hydrogens (tertiary/aromatic N) is 1. The molecule has 0 aliphatic carbocycles. The molecule has 3 aromatic rings. The van der Waals surface area contributed by atoms with E-state index in [1.54, 1.807) is 48.5 Å². The van der Waals surface area contributed by atoms with E-state index in [0.29, 0.717) is 16.9 Å². The van der Waals surface area contributed by atoms with E-state index in [1.165, 1.54) is 30.7 Å². The predicted octanol–water partition coefficient (Wildman–Crippen LogP) is 3.38. The van der Waals surface area contributed by atoms with Crippen LogP contribution in [0.2, 0.25) is 0 Å². The number of amides is 2. The number of hydrazone groups is 1. The Kier molecular flexibility index (Phi) is 6.96. The fraction of sp³-hybridized carbons (Fsp3) is 0.0455. The molecule has 152 valence electrons. The smallest absolute Gasteiger partial charge is 0.287 e. The van der Waals surface area contributed by atoms with Crippen LogP contribution in [-0.2, 0) is 4.79 Å². The van der Waals surface area contributed by atoms with Crippen LogP contribution in [0.25, 0.3) is 6.08 Å². The summed E-state index contributed by atoms with van der Waals surface area (Å²) in [5.41, 5.74) is 3.20. The van der Waals surface area contributed by atoms with E-state index in [-0.39, 0.29) is 11.4 Å². The Balaban J connectivity index is 1.76. The largest absolute Gasteiger partial charge is 0.507 e. The lowest BCUT2D eigenvalue weighted by molar-refractivity contribution is -0.117. The van der Waals surface area contributed by atoms with E-state index >= 15 is 0 Å². The standard InChI is InChI=1S/C22H19N3O4S/c1-29-17-9-10-20(26)16(12-17)14-23-25-22(28)19(13-18-8-5-11-30-18)24-21(27)15-6-3-2-4-7-15/h2-14,26H,1H3,(H,24,27)(H,25,28)/b19-13-,23-14?. The van der Waals surface area contributed by atoms with Crippen LogP contribution >= 0.6 is 11.3 Å². The molecule has 0 fully saturated rings. The van der Waals surface area contributed by atoms with Gasteiger partial charge in [-0.15, -0.1) is 11.3 Å². The molecule has 8 heteroatoms. The highest BCUT2D eigenvalue weighted by atomic mass is 32.1. The molecule has 0 atom stereocenters. The molecular weight excluding hydrogens is 402 g/mol. The fourth-order valence-corrected chi connectivity index (χ4v) is 3.10. The Hall–Kier alpha value is -3.91. The number of methoxy groups -OCH3 is 1. The van der Waals surface area contributed by atoms with Crippen molar-refractivity contribution < 1.29 is 19.4 Å². The highest BCUT2D eigenvalue weighted by Crippen LogP contribution is 2.21. The van der Waals surface area contributed by atoms with Gasteiger partial charge in [0.05, 0.1) is 13.3 Å². The topological polar surface area (TPSA) is 100 Å². The van der Waals surface area contributed by atoms with Gasteiger partial charge in [0.1, 0.15) is 17.2 Å². The van der Waals surface area contributed by atoms with Crippen LogP contribution in [0, 0.1) is 0 Å². The maximum absolute atomic E-state index is 12.6. The van der Waals surface area contributed by atoms with E-state index in [9.17, 15) is 14.7 Å². The minimum Gasteiger partial charge on any atom is -0.507 e. The lowest BCUT2D eigenvalue weighted by Gasteiger charge is -2.09. The van der Waals surface area contributed by atoms with Gasteiger partial charge in [0.2, 0.25) is 0 Å². The quantitative estimate of drug-likeness (QED) is 0.309. The normalized spacial score (nSPS) is 11.3. The number of carbonyl (C=O) groups is 2. The molecule has 0 saturated carbocycles. The third kappa shape index (κ3) is 5.55. The summed E-state index contributed by atoms with van der Waals surface area (Å²) in [6, 6.07) is 16.9. The van der Waals surface area contributed by atoms with E-state index in [4.69, 9.17) is 4.74 Å². The van der Waals surface area contributed by atoms with E-state index in [2.05, 4.69) is 15.8 Å². The molecule has 0 aliphatic rings. The maximum Gasteiger partial charge on any atom is 0.287 e. The van der Waals surface area contributed by atoms with E-state index in [0.717, 1.165) is 4.88 Å². The molecule has 3 N–H and O–H groups in total. The van der Waals surface area contributed by atoms with Crippen LogP contribution in [0.5, 0.6) is 11.5 Å². The summed E-state index contributed by atoms with van der Waals surface area (Å²) < 4.78 is 5.10. The second-order valence-corrected chi connectivity index (χ2v) is 7.00. The molecule has 1 aromatic heterocycles. The van der Waals surface area contributed by atoms with Gasteiger partial charge in [0, 0.05) is 16.0 Å². The Bertz CT molecular complexity index is 1080. The monoisotopic (exact) mass is 421 g/mol. The number of carbonyl (C=O) groups excluding carboxylic acids is 2. The first-order valence-electron chi connectivity index (χ1n) is 8.89. The molecule has 0 radical (unpaired) electrons. The van der Waals surface area contributed by atoms with Gasteiger partial charge in [-0.25, -0.2) is 5.43 Å². The second-order valence-electron chi connectivity index (χ2n) is 6.02. The summed E-state index contributed by atoms with van der Waals surface area (Å²) >= 11 is 1.43. The second kappa shape index (κ2) is 10.0. The number of phenols is 1. The van der Waals surface area contributed by atoms with Crippen molar-refractivity contribution in [2.45, 2.75) is 0 Å². The highest BCUT2D eigenvalue weighted by molar-refractivity contribution is 7.10. The number of rotatable bonds is 7. The average Bonchev–Trinajstić information content (AvgIpc) is 3.28. The van der Waals surface area contributed by atoms with Crippen LogP contribution in [-0.4, -0.2) is 30.2 Å². The van der Waals surface area contributed by atoms with E-state index in [1.807, 2.05) is 17.5 Å². The van der Waals surface area contributed by atoms with Gasteiger partial charge in [-0.05, 0) is 47.9 Å². The van der Waals surface area contributed by atoms with Crippen LogP contribution < -0.4 is 15.5 Å². The molecule has 30 heavy (non-hydrogen) atoms. The van der Waals surface area contributed by atoms with Crippen molar-refractivity contribution >= 4 is 35.4 Å². The first-order valence-corrected chi connectivity index (χ1v) is 9.77. The summed E-state index contributed by atoms with van der Waals surface area (Å²) in [6.45, 7) is 0. The third-order valence-electron chi connectivity index (χ3n) is 3.96. The van der Waals surface area contributed by atoms with Crippen molar-refractivity contribution in [2.24, 2.45) is 5.10 Å². The average molecular weight is 421 g/mol. The van der Waals surface area contributed by atoms with Gasteiger partial charge in [-0.2, -0.15) is 5.10 Å². The van der Waals surface area contributed by atoms with Gasteiger partial charge in [-0.3, -0.25) is 9.59 Å². The third-order valence-corrected chi connectivity index (χ3v) is 4.78. The Labute approximate surface area is 177 Å². The lowest BCUT2D eigenvalue weighted by atomic mass is 10.2. The fourth-order valence-electron chi connectivity index (χ4n) is 2.44. The number of nitrogens with one attached hydrogen (secondary N) is 2. The summed E-state index contributed by atoms with van der Waals surface area (Å²) in [5.74, 6) is -0.496. The molecular formula is C22H19N3O4S. The molecule has 7 nitrogen and oxygen atoms in total. The molecule has 2 aromatic carbocycles. The van der Waals surface area contributed by atoms with Crippen molar-refractivity contribution in [1.29, 1.82) is 0 Å². The number of aromatic hydroxyl groups is 1. The lowest BCUT2D eigenvalue weighted by Crippen LogP contribution is -2.32. The number of hydrogen-bond acceptors (Lipinski definition) is 6. The summed E-state index contributed by atoms with van der Waals surface area (Å²) in [7, 11) is 1.51. The predicted molar refractivity (Wildman–Crippen MR) is 117 cm³/mol. The highest BCUT2D eigenvalue weighted by Gasteiger charge is 2.14. The van der Waals surface area contributed by atoms with Crippen LogP contribution in [0.15, 0.2) is 76.8 Å². The first-order chi connectivity index (χ1) is 14.6. The number of thiophene rings is 1. The molecule has 0 saturated heterocycles. The van der Waals surface area contributed by atoms with Gasteiger partial charge < -0.3 is 15.2 Å². The first kappa shape index (κ1) is 20.8. The van der Waals surface area contributed by atoms with Crippen LogP contribution in [0.4, 0.5) is 0 Å². The molecule has 0 bridgehead atoms. The van der Waals surface area contributed by atoms with Crippen molar-refractivity contribution in [2.75, 3.05) is 7.11 Å². The number of ether oxygens (including phenoxy) is 1. The molecule has 0 unspecified atom stereocenters. The van der Waals surface area contributed by atoms with E-state index < -0.39 is 11.8 Å². The minimum absolute atomic E-state index is 0.0134. The van der Waals surface area contributed by atoms with Crippen LogP contribution in [0.3, 0.4) is 0 Å². The number of hydrogen-bond donors (Lipinski definition) is 3. The van der Waals surface area contributed by atoms with Crippen molar-refractivity contribution in [1.82, 2.24) is 10.7 Å². The zero-order valence-electron chi connectivity index (χ0n) is 16.0. The molecule has 0 spiro atoms. The Morgan fingerprint density at radius 2 is 1.90 bits per heavy atom. The molecule has 2 amide bonds. The minimum atomic E-state index is -0.605. The zero-order valence-corrected chi connectivity index (χ0v) is 16.8. The maximum atomic E-state index is 12.6. The van der Waals surface area contributed by atoms with Gasteiger partial charge in [0.25, 0.3) is 11.8 Å². The number of benzene rings is 2. The SMILES string of the molecule is COc1ccc(O)c(C=NNC(=O)/C(=C/c2cccs2)NC(=O)c2ccccc2)c1. The van der Waals surface area contributed by atoms with Crippen molar-refractivity contribution in [3.05, 3.63) is 87.7 Å². The summed E-state index contributed by atoms with van der Waals surface area (Å²) in [6.07, 6.45) is 2.86. The van der Waals surface area contributed by atoms with Gasteiger partial charge in [0.15, 0.2) is 0 Å². The molecule has 0 aliphatic heterocycles. The molecule has 3 rings (SSSR count). The molecule has 1 heterocycles. The Morgan fingerprint density at radius 1 is 1.10 bits per heavy atom. The zero-order chi connectivity index (χ0) is 21.3. The Morgan fingerprint density at radius 3 is 2.60 bits per heavy atom. The summed E-state index contributed by atoms with van der Waals surface area (Å²) in [5, 5.41) is 18.3. The number of phenolic OH excluding ortho intramolecular Hbond substituents is 1. The van der Waals surface area contributed by atoms with Gasteiger partial charge in [-0.1, -0.05) is 24.3 Å². The van der Waals surface area contributed by atoms with Gasteiger partial charge >= 0.3 is 0 Å². The summed E-state index contributed by atoms with van der Waals surface area (Å²) in [4.78, 5) is 25.9.